The molecule has 0 radical (unpaired) electrons. The van der Waals surface area contributed by atoms with Crippen LogP contribution in [0.25, 0.3) is 0 Å². The molecule has 0 amide bonds. The molecule has 0 bridgehead atoms. The molecule has 2 nitrogen and oxygen atoms in total. The second kappa shape index (κ2) is 7.39. The molecule has 0 aliphatic heterocycles. The molecule has 0 atom stereocenters. The molecule has 19 heavy (non-hydrogen) atoms. The molecule has 3 heteroatoms. The third-order valence-corrected chi connectivity index (χ3v) is 3.47. The van der Waals surface area contributed by atoms with Crippen LogP contribution in [-0.2, 0) is 0 Å². The zero-order valence-corrected chi connectivity index (χ0v) is 14.4. The Balaban J connectivity index is 0.00000180. The Morgan fingerprint density at radius 1 is 1.00 bits per heavy atom. The topological polar surface area (TPSA) is 12.4 Å². The molecule has 1 saturated carbocycles. The van der Waals surface area contributed by atoms with E-state index >= 15 is 0 Å². The van der Waals surface area contributed by atoms with E-state index < -0.39 is 0 Å². The second-order valence-corrected chi connectivity index (χ2v) is 6.13. The van der Waals surface area contributed by atoms with Crippen molar-refractivity contribution < 1.29 is 28.6 Å². The summed E-state index contributed by atoms with van der Waals surface area (Å²) in [6.07, 6.45) is 6.70. The maximum Gasteiger partial charge on any atom is 0.106 e. The fourth-order valence-corrected chi connectivity index (χ4v) is 2.68. The van der Waals surface area contributed by atoms with Gasteiger partial charge in [-0.3, -0.25) is 0 Å². The number of benzene rings is 1. The standard InChI is InChI=1S/C16H25N2.HI/c1-18(2,3)17-16(14-10-6-4-7-11-14)15-12-8-5-9-13-15;/h4,6-7,10-11,15H,5,8-9,12-13H2,1-3H3;1H/q+1;/p-1. The predicted octanol–water partition coefficient (Wildman–Crippen LogP) is 0.681. The van der Waals surface area contributed by atoms with Gasteiger partial charge >= 0.3 is 0 Å². The fraction of sp³-hybridized carbons (Fsp3) is 0.562. The highest BCUT2D eigenvalue weighted by molar-refractivity contribution is 6.01. The van der Waals surface area contributed by atoms with Crippen LogP contribution < -0.4 is 24.0 Å². The highest BCUT2D eigenvalue weighted by Crippen LogP contribution is 2.28. The number of quaternary nitrogens is 1. The van der Waals surface area contributed by atoms with Gasteiger partial charge in [0.15, 0.2) is 0 Å². The van der Waals surface area contributed by atoms with E-state index in [1.54, 1.807) is 0 Å². The van der Waals surface area contributed by atoms with Crippen LogP contribution in [-0.4, -0.2) is 31.4 Å². The number of nitrogens with zero attached hydrogens (tertiary/aromatic N) is 2. The summed E-state index contributed by atoms with van der Waals surface area (Å²) in [5, 5.41) is 4.96. The van der Waals surface area contributed by atoms with E-state index in [1.807, 2.05) is 0 Å². The van der Waals surface area contributed by atoms with Gasteiger partial charge in [-0.05, 0) is 12.8 Å². The summed E-state index contributed by atoms with van der Waals surface area (Å²) in [6, 6.07) is 10.7. The van der Waals surface area contributed by atoms with Gasteiger partial charge in [-0.25, -0.2) is 4.59 Å². The minimum Gasteiger partial charge on any atom is -1.00 e. The molecular weight excluding hydrogens is 347 g/mol. The molecule has 1 aliphatic rings. The molecule has 0 N–H and O–H groups in total. The average Bonchev–Trinajstić information content (AvgIpc) is 2.37. The summed E-state index contributed by atoms with van der Waals surface area (Å²) in [4.78, 5) is 0. The fourth-order valence-electron chi connectivity index (χ4n) is 2.68. The van der Waals surface area contributed by atoms with Crippen molar-refractivity contribution in [2.75, 3.05) is 21.1 Å². The van der Waals surface area contributed by atoms with Crippen molar-refractivity contribution in [1.29, 1.82) is 0 Å². The van der Waals surface area contributed by atoms with Gasteiger partial charge in [0, 0.05) is 11.5 Å². The molecular formula is C16H25IN2. The Kier molecular flexibility index (Phi) is 6.47. The quantitative estimate of drug-likeness (QED) is 0.320. The van der Waals surface area contributed by atoms with E-state index in [0.29, 0.717) is 10.5 Å². The van der Waals surface area contributed by atoms with Crippen molar-refractivity contribution >= 4 is 5.71 Å². The Bertz CT molecular complexity index is 401. The summed E-state index contributed by atoms with van der Waals surface area (Å²) >= 11 is 0. The lowest BCUT2D eigenvalue weighted by Gasteiger charge is -2.26. The number of rotatable bonds is 3. The SMILES string of the molecule is C[N+](C)(C)N=C(c1ccccc1)C1CCCCC1.[I-]. The van der Waals surface area contributed by atoms with Gasteiger partial charge in [0.2, 0.25) is 0 Å². The molecule has 2 rings (SSSR count). The van der Waals surface area contributed by atoms with Crippen molar-refractivity contribution in [3.63, 3.8) is 0 Å². The van der Waals surface area contributed by atoms with Crippen LogP contribution in [0, 0.1) is 5.92 Å². The lowest BCUT2D eigenvalue weighted by molar-refractivity contribution is -0.877. The first-order valence-electron chi connectivity index (χ1n) is 7.03. The second-order valence-electron chi connectivity index (χ2n) is 6.13. The molecule has 1 aromatic carbocycles. The Labute approximate surface area is 134 Å². The van der Waals surface area contributed by atoms with Gasteiger partial charge in [-0.1, -0.05) is 54.7 Å². The van der Waals surface area contributed by atoms with Crippen LogP contribution in [0.4, 0.5) is 0 Å². The Morgan fingerprint density at radius 3 is 2.11 bits per heavy atom. The molecule has 1 aromatic rings. The van der Waals surface area contributed by atoms with Crippen molar-refractivity contribution in [1.82, 2.24) is 0 Å². The lowest BCUT2D eigenvalue weighted by atomic mass is 9.83. The Hall–Kier alpha value is -0.420. The zero-order chi connectivity index (χ0) is 13.0. The van der Waals surface area contributed by atoms with Gasteiger partial charge in [-0.2, -0.15) is 0 Å². The first-order chi connectivity index (χ1) is 8.56. The van der Waals surface area contributed by atoms with Gasteiger partial charge in [-0.15, -0.1) is 0 Å². The summed E-state index contributed by atoms with van der Waals surface area (Å²) in [7, 11) is 6.39. The van der Waals surface area contributed by atoms with E-state index in [-0.39, 0.29) is 24.0 Å². The highest BCUT2D eigenvalue weighted by Gasteiger charge is 2.23. The summed E-state index contributed by atoms with van der Waals surface area (Å²) in [5.41, 5.74) is 2.61. The summed E-state index contributed by atoms with van der Waals surface area (Å²) in [5.74, 6) is 0.651. The first-order valence-corrected chi connectivity index (χ1v) is 7.03. The molecule has 1 fully saturated rings. The van der Waals surface area contributed by atoms with Gasteiger partial charge in [0.1, 0.15) is 5.71 Å². The molecule has 0 spiro atoms. The van der Waals surface area contributed by atoms with E-state index in [4.69, 9.17) is 5.10 Å². The predicted molar refractivity (Wildman–Crippen MR) is 77.6 cm³/mol. The van der Waals surface area contributed by atoms with Crippen LogP contribution in [0.3, 0.4) is 0 Å². The van der Waals surface area contributed by atoms with E-state index in [2.05, 4.69) is 51.5 Å². The minimum atomic E-state index is 0. The van der Waals surface area contributed by atoms with Crippen molar-refractivity contribution in [3.05, 3.63) is 35.9 Å². The normalized spacial score (nSPS) is 17.9. The lowest BCUT2D eigenvalue weighted by Crippen LogP contribution is -3.00. The van der Waals surface area contributed by atoms with Crippen LogP contribution in [0.15, 0.2) is 35.4 Å². The highest BCUT2D eigenvalue weighted by atomic mass is 127. The summed E-state index contributed by atoms with van der Waals surface area (Å²) in [6.45, 7) is 0. The average molecular weight is 372 g/mol. The van der Waals surface area contributed by atoms with Gasteiger partial charge < -0.3 is 24.0 Å². The molecule has 0 aromatic heterocycles. The number of hydrogen-bond acceptors (Lipinski definition) is 1. The Morgan fingerprint density at radius 2 is 1.58 bits per heavy atom. The molecule has 0 saturated heterocycles. The smallest absolute Gasteiger partial charge is 0.106 e. The van der Waals surface area contributed by atoms with Crippen molar-refractivity contribution in [2.45, 2.75) is 32.1 Å². The third kappa shape index (κ3) is 5.22. The molecule has 0 heterocycles. The summed E-state index contributed by atoms with van der Waals surface area (Å²) < 4.78 is 0.653. The van der Waals surface area contributed by atoms with Crippen LogP contribution in [0.5, 0.6) is 0 Å². The largest absolute Gasteiger partial charge is 1.00 e. The first kappa shape index (κ1) is 16.6. The van der Waals surface area contributed by atoms with Crippen molar-refractivity contribution in [3.8, 4) is 0 Å². The monoisotopic (exact) mass is 372 g/mol. The van der Waals surface area contributed by atoms with Gasteiger partial charge in [0.25, 0.3) is 0 Å². The van der Waals surface area contributed by atoms with Crippen LogP contribution >= 0.6 is 0 Å². The van der Waals surface area contributed by atoms with E-state index in [1.165, 1.54) is 43.4 Å². The van der Waals surface area contributed by atoms with E-state index in [0.717, 1.165) is 0 Å². The number of hydrogen-bond donors (Lipinski definition) is 0. The molecule has 1 aliphatic carbocycles. The van der Waals surface area contributed by atoms with Crippen LogP contribution in [0.2, 0.25) is 0 Å². The van der Waals surface area contributed by atoms with E-state index in [9.17, 15) is 0 Å². The molecule has 106 valence electrons. The van der Waals surface area contributed by atoms with Crippen LogP contribution in [0.1, 0.15) is 37.7 Å². The van der Waals surface area contributed by atoms with Gasteiger partial charge in [0.05, 0.1) is 21.1 Å². The van der Waals surface area contributed by atoms with Crippen molar-refractivity contribution in [2.24, 2.45) is 11.0 Å². The maximum atomic E-state index is 4.96. The molecule has 0 unspecified atom stereocenters. The third-order valence-electron chi connectivity index (χ3n) is 3.47. The zero-order valence-electron chi connectivity index (χ0n) is 12.3. The maximum absolute atomic E-state index is 4.96. The number of halogens is 1. The minimum absolute atomic E-state index is 0.